The van der Waals surface area contributed by atoms with Crippen LogP contribution in [0.1, 0.15) is 51.9 Å². The zero-order chi connectivity index (χ0) is 45.5. The van der Waals surface area contributed by atoms with E-state index in [2.05, 4.69) is 12.1 Å². The number of sulfonamides is 1. The third-order valence-corrected chi connectivity index (χ3v) is 12.9. The molecule has 65 heavy (non-hydrogen) atoms. The minimum atomic E-state index is -3.88. The summed E-state index contributed by atoms with van der Waals surface area (Å²) in [6, 6.07) is 51.6. The van der Waals surface area contributed by atoms with Crippen LogP contribution >= 0.6 is 34.8 Å². The summed E-state index contributed by atoms with van der Waals surface area (Å²) in [5.74, 6) is 1.12. The Kier molecular flexibility index (Phi) is 18.5. The fourth-order valence-electron chi connectivity index (χ4n) is 6.44. The molecule has 7 aromatic rings. The van der Waals surface area contributed by atoms with E-state index in [-0.39, 0.29) is 19.7 Å². The molecule has 0 heterocycles. The monoisotopic (exact) mass is 965 g/mol. The summed E-state index contributed by atoms with van der Waals surface area (Å²) in [5.41, 5.74) is 7.77. The predicted octanol–water partition coefficient (Wildman–Crippen LogP) is 14.3. The van der Waals surface area contributed by atoms with E-state index in [1.54, 1.807) is 109 Å². The van der Waals surface area contributed by atoms with E-state index in [1.807, 2.05) is 68.4 Å². The van der Waals surface area contributed by atoms with Crippen molar-refractivity contribution < 1.29 is 26.3 Å². The van der Waals surface area contributed by atoms with Crippen molar-refractivity contribution in [2.75, 3.05) is 4.31 Å². The average Bonchev–Trinajstić information content (AvgIpc) is 3.26. The van der Waals surface area contributed by atoms with E-state index in [0.717, 1.165) is 27.8 Å². The molecule has 12 heteroatoms. The average molecular weight is 967 g/mol. The molecule has 336 valence electrons. The molecule has 0 saturated heterocycles. The maximum atomic E-state index is 13.5. The van der Waals surface area contributed by atoms with Gasteiger partial charge < -0.3 is 9.47 Å². The van der Waals surface area contributed by atoms with Gasteiger partial charge in [0.1, 0.15) is 24.7 Å². The zero-order valence-electron chi connectivity index (χ0n) is 35.2. The maximum absolute atomic E-state index is 13.5. The number of benzene rings is 7. The van der Waals surface area contributed by atoms with Gasteiger partial charge in [0.05, 0.1) is 23.4 Å². The molecule has 0 aromatic heterocycles. The fraction of sp³-hybridized carbons (Fsp3) is 0.132. The molecule has 0 aliphatic carbocycles. The van der Waals surface area contributed by atoms with Crippen LogP contribution in [0, 0.1) is 13.8 Å². The summed E-state index contributed by atoms with van der Waals surface area (Å²) in [4.78, 5) is 0. The number of ether oxygens (including phenoxy) is 2. The number of hydrogen-bond donors (Lipinski definition) is 0. The van der Waals surface area contributed by atoms with Gasteiger partial charge >= 0.3 is 0 Å². The van der Waals surface area contributed by atoms with Crippen molar-refractivity contribution in [3.63, 3.8) is 0 Å². The van der Waals surface area contributed by atoms with E-state index < -0.39 is 19.9 Å². The second-order valence-corrected chi connectivity index (χ2v) is 19.8. The van der Waals surface area contributed by atoms with E-state index in [0.29, 0.717) is 56.6 Å². The molecule has 7 rings (SSSR count). The van der Waals surface area contributed by atoms with Gasteiger partial charge in [0.15, 0.2) is 9.84 Å². The molecule has 0 aliphatic heterocycles. The lowest BCUT2D eigenvalue weighted by Gasteiger charge is -2.23. The molecular weight excluding hydrogens is 917 g/mol. The predicted molar refractivity (Wildman–Crippen MR) is 271 cm³/mol. The second-order valence-electron chi connectivity index (χ2n) is 14.9. The Morgan fingerprint density at radius 1 is 0.492 bits per heavy atom. The normalized spacial score (nSPS) is 11.4. The Labute approximate surface area is 399 Å². The molecule has 0 saturated carbocycles. The number of aryl methyl sites for hydroxylation is 2. The van der Waals surface area contributed by atoms with Gasteiger partial charge in [-0.05, 0) is 120 Å². The molecular formula is C53H50Cl3NO6S2. The van der Waals surface area contributed by atoms with Gasteiger partial charge in [0, 0.05) is 26.5 Å². The Balaban J connectivity index is 0.000000248. The molecule has 0 atom stereocenters. The van der Waals surface area contributed by atoms with Crippen molar-refractivity contribution in [2.24, 2.45) is 0 Å². The third kappa shape index (κ3) is 16.6. The molecule has 0 aliphatic rings. The van der Waals surface area contributed by atoms with E-state index >= 15 is 0 Å². The van der Waals surface area contributed by atoms with Crippen LogP contribution in [0.25, 0.3) is 12.2 Å². The second kappa shape index (κ2) is 23.9. The van der Waals surface area contributed by atoms with Crippen LogP contribution in [-0.2, 0) is 45.4 Å². The SMILES string of the molecule is C.Cc1cccc(COc2cccc(CS(=O)(=O)/C=C/c3cccc(Cl)c3)c2)c1.Cc1cccc(COc2cccc(N(Cc3cccc(Cl)c3)S(=O)(=O)/C=C/c3cccc(Cl)c3)c2)c1. The number of anilines is 1. The van der Waals surface area contributed by atoms with Crippen LogP contribution in [0.4, 0.5) is 5.69 Å². The van der Waals surface area contributed by atoms with Gasteiger partial charge in [0.2, 0.25) is 0 Å². The Morgan fingerprint density at radius 2 is 0.954 bits per heavy atom. The first-order chi connectivity index (χ1) is 30.7. The van der Waals surface area contributed by atoms with Crippen LogP contribution in [0.3, 0.4) is 0 Å². The number of rotatable bonds is 16. The largest absolute Gasteiger partial charge is 0.489 e. The number of halogens is 3. The van der Waals surface area contributed by atoms with Crippen LogP contribution in [0.15, 0.2) is 181 Å². The lowest BCUT2D eigenvalue weighted by Crippen LogP contribution is -2.28. The summed E-state index contributed by atoms with van der Waals surface area (Å²) in [6.07, 6.45) is 3.09. The molecule has 0 fully saturated rings. The highest BCUT2D eigenvalue weighted by atomic mass is 35.5. The first-order valence-corrected chi connectivity index (χ1v) is 24.5. The van der Waals surface area contributed by atoms with Crippen molar-refractivity contribution in [3.8, 4) is 11.5 Å². The highest BCUT2D eigenvalue weighted by Gasteiger charge is 2.21. The van der Waals surface area contributed by atoms with Crippen LogP contribution in [0.2, 0.25) is 15.1 Å². The summed E-state index contributed by atoms with van der Waals surface area (Å²) in [5, 5.41) is 4.04. The van der Waals surface area contributed by atoms with Gasteiger partial charge in [-0.15, -0.1) is 0 Å². The van der Waals surface area contributed by atoms with Crippen molar-refractivity contribution in [3.05, 3.63) is 240 Å². The van der Waals surface area contributed by atoms with Gasteiger partial charge in [-0.3, -0.25) is 4.31 Å². The lowest BCUT2D eigenvalue weighted by molar-refractivity contribution is 0.306. The van der Waals surface area contributed by atoms with Crippen molar-refractivity contribution in [1.82, 2.24) is 0 Å². The summed E-state index contributed by atoms with van der Waals surface area (Å²) >= 11 is 18.1. The molecule has 7 nitrogen and oxygen atoms in total. The van der Waals surface area contributed by atoms with E-state index in [1.165, 1.54) is 26.8 Å². The first-order valence-electron chi connectivity index (χ1n) is 20.1. The number of hydrogen-bond acceptors (Lipinski definition) is 6. The highest BCUT2D eigenvalue weighted by Crippen LogP contribution is 2.28. The Bertz CT molecular complexity index is 2970. The van der Waals surface area contributed by atoms with E-state index in [4.69, 9.17) is 44.3 Å². The van der Waals surface area contributed by atoms with Crippen molar-refractivity contribution in [1.29, 1.82) is 0 Å². The zero-order valence-corrected chi connectivity index (χ0v) is 39.1. The summed E-state index contributed by atoms with van der Waals surface area (Å²) in [6.45, 7) is 4.98. The molecule has 7 aromatic carbocycles. The van der Waals surface area contributed by atoms with Crippen LogP contribution < -0.4 is 13.8 Å². The lowest BCUT2D eigenvalue weighted by atomic mass is 10.1. The molecule has 0 radical (unpaired) electrons. The third-order valence-electron chi connectivity index (χ3n) is 9.47. The number of nitrogens with zero attached hydrogens (tertiary/aromatic N) is 1. The topological polar surface area (TPSA) is 90.0 Å². The Hall–Kier alpha value is -5.81. The number of sulfone groups is 1. The quantitative estimate of drug-likeness (QED) is 0.0958. The minimum absolute atomic E-state index is 0. The van der Waals surface area contributed by atoms with Crippen molar-refractivity contribution >= 4 is 72.5 Å². The van der Waals surface area contributed by atoms with Crippen LogP contribution in [0.5, 0.6) is 11.5 Å². The summed E-state index contributed by atoms with van der Waals surface area (Å²) < 4.78 is 65.1. The molecule has 0 amide bonds. The summed E-state index contributed by atoms with van der Waals surface area (Å²) in [7, 11) is -7.29. The Morgan fingerprint density at radius 3 is 1.51 bits per heavy atom. The van der Waals surface area contributed by atoms with Gasteiger partial charge in [-0.2, -0.15) is 0 Å². The first kappa shape index (κ1) is 50.2. The highest BCUT2D eigenvalue weighted by molar-refractivity contribution is 7.95. The van der Waals surface area contributed by atoms with Gasteiger partial charge in [-0.25, -0.2) is 16.8 Å². The van der Waals surface area contributed by atoms with Crippen LogP contribution in [-0.4, -0.2) is 16.8 Å². The maximum Gasteiger partial charge on any atom is 0.257 e. The van der Waals surface area contributed by atoms with Crippen molar-refractivity contribution in [2.45, 2.75) is 46.8 Å². The smallest absolute Gasteiger partial charge is 0.257 e. The molecule has 0 spiro atoms. The fourth-order valence-corrected chi connectivity index (χ4v) is 9.37. The molecule has 0 unspecified atom stereocenters. The minimum Gasteiger partial charge on any atom is -0.489 e. The van der Waals surface area contributed by atoms with Gasteiger partial charge in [-0.1, -0.05) is 156 Å². The van der Waals surface area contributed by atoms with E-state index in [9.17, 15) is 16.8 Å². The molecule has 0 bridgehead atoms. The molecule has 0 N–H and O–H groups in total. The standard InChI is InChI=1S/C29H25Cl2NO3S.C23H21ClO3S.CH4/c1-22-6-2-9-25(16-22)21-35-29-13-5-12-28(19-29)32(20-24-8-4-11-27(31)18-24)36(33,34)15-14-23-7-3-10-26(30)17-23;1-18-5-2-7-20(13-18)16-27-23-10-4-8-21(15-23)17-28(25,26)12-11-19-6-3-9-22(24)14-19;/h2-19H,20-21H2,1H3;2-15H,16-17H2,1H3;1H4/b15-14+;12-11+;. The van der Waals surface area contributed by atoms with Gasteiger partial charge in [0.25, 0.3) is 10.0 Å².